The summed E-state index contributed by atoms with van der Waals surface area (Å²) in [6, 6.07) is 5.84. The molecule has 114 valence electrons. The lowest BCUT2D eigenvalue weighted by Crippen LogP contribution is -2.37. The van der Waals surface area contributed by atoms with Gasteiger partial charge in [-0.3, -0.25) is 4.90 Å². The number of H-pyrrole nitrogens is 1. The topological polar surface area (TPSA) is 57.9 Å². The van der Waals surface area contributed by atoms with Crippen LogP contribution in [0.25, 0.3) is 11.0 Å². The summed E-state index contributed by atoms with van der Waals surface area (Å²) in [5.41, 5.74) is 9.07. The summed E-state index contributed by atoms with van der Waals surface area (Å²) in [5, 5.41) is 0. The number of rotatable bonds is 2. The van der Waals surface area contributed by atoms with E-state index in [9.17, 15) is 0 Å². The number of imidazole rings is 1. The van der Waals surface area contributed by atoms with E-state index in [-0.39, 0.29) is 0 Å². The molecule has 1 aromatic carbocycles. The lowest BCUT2D eigenvalue weighted by atomic mass is 9.75. The number of nitrogen functional groups attached to an aromatic ring is 1. The van der Waals surface area contributed by atoms with E-state index in [2.05, 4.69) is 35.6 Å². The Bertz CT molecular complexity index is 615. The van der Waals surface area contributed by atoms with E-state index in [1.807, 2.05) is 18.2 Å². The van der Waals surface area contributed by atoms with Gasteiger partial charge in [0.05, 0.1) is 17.6 Å². The second kappa shape index (κ2) is 5.34. The van der Waals surface area contributed by atoms with Crippen LogP contribution >= 0.6 is 0 Å². The van der Waals surface area contributed by atoms with Gasteiger partial charge in [0.2, 0.25) is 0 Å². The molecule has 0 spiro atoms. The van der Waals surface area contributed by atoms with Crippen molar-refractivity contribution in [1.29, 1.82) is 0 Å². The Morgan fingerprint density at radius 3 is 2.67 bits per heavy atom. The van der Waals surface area contributed by atoms with E-state index < -0.39 is 0 Å². The van der Waals surface area contributed by atoms with Crippen molar-refractivity contribution in [3.63, 3.8) is 0 Å². The molecule has 0 radical (unpaired) electrons. The van der Waals surface area contributed by atoms with E-state index in [1.54, 1.807) is 0 Å². The zero-order chi connectivity index (χ0) is 15.0. The predicted octanol–water partition coefficient (Wildman–Crippen LogP) is 3.40. The first-order valence-electron chi connectivity index (χ1n) is 7.88. The van der Waals surface area contributed by atoms with Gasteiger partial charge in [-0.25, -0.2) is 4.98 Å². The number of nitrogens with zero attached hydrogens (tertiary/aromatic N) is 2. The summed E-state index contributed by atoms with van der Waals surface area (Å²) in [7, 11) is 0. The van der Waals surface area contributed by atoms with Crippen molar-refractivity contribution in [2.45, 2.75) is 40.2 Å². The van der Waals surface area contributed by atoms with Gasteiger partial charge in [-0.2, -0.15) is 0 Å². The molecule has 1 fully saturated rings. The first kappa shape index (κ1) is 14.4. The number of likely N-dealkylation sites (tertiary alicyclic amines) is 1. The molecule has 0 amide bonds. The minimum atomic E-state index is 0.434. The van der Waals surface area contributed by atoms with E-state index in [4.69, 9.17) is 5.73 Å². The predicted molar refractivity (Wildman–Crippen MR) is 88.0 cm³/mol. The number of fused-ring (bicyclic) bond motifs is 1. The summed E-state index contributed by atoms with van der Waals surface area (Å²) in [4.78, 5) is 10.6. The number of nitrogens with one attached hydrogen (secondary N) is 1. The van der Waals surface area contributed by atoms with Crippen LogP contribution < -0.4 is 5.73 Å². The number of piperidine rings is 1. The molecule has 3 N–H and O–H groups in total. The van der Waals surface area contributed by atoms with E-state index in [0.29, 0.717) is 5.41 Å². The zero-order valence-corrected chi connectivity index (χ0v) is 13.3. The summed E-state index contributed by atoms with van der Waals surface area (Å²) >= 11 is 0. The van der Waals surface area contributed by atoms with Crippen molar-refractivity contribution in [1.82, 2.24) is 14.9 Å². The van der Waals surface area contributed by atoms with Crippen molar-refractivity contribution < 1.29 is 0 Å². The number of benzene rings is 1. The van der Waals surface area contributed by atoms with Gasteiger partial charge < -0.3 is 10.7 Å². The summed E-state index contributed by atoms with van der Waals surface area (Å²) in [6.45, 7) is 10.3. The average Bonchev–Trinajstić information content (AvgIpc) is 2.79. The van der Waals surface area contributed by atoms with Crippen molar-refractivity contribution in [3.05, 3.63) is 24.0 Å². The van der Waals surface area contributed by atoms with Crippen LogP contribution in [0.2, 0.25) is 0 Å². The highest BCUT2D eigenvalue weighted by Gasteiger charge is 2.28. The van der Waals surface area contributed by atoms with Gasteiger partial charge in [-0.15, -0.1) is 0 Å². The Morgan fingerprint density at radius 1 is 1.29 bits per heavy atom. The maximum atomic E-state index is 5.82. The van der Waals surface area contributed by atoms with Crippen LogP contribution in [0.15, 0.2) is 18.2 Å². The van der Waals surface area contributed by atoms with Crippen LogP contribution in [0, 0.1) is 11.3 Å². The molecule has 0 unspecified atom stereocenters. The second-order valence-corrected chi connectivity index (χ2v) is 7.38. The first-order chi connectivity index (χ1) is 9.91. The van der Waals surface area contributed by atoms with Crippen LogP contribution in [0.4, 0.5) is 5.69 Å². The summed E-state index contributed by atoms with van der Waals surface area (Å²) in [6.07, 6.45) is 2.58. The second-order valence-electron chi connectivity index (χ2n) is 7.38. The van der Waals surface area contributed by atoms with Crippen molar-refractivity contribution >= 4 is 16.7 Å². The fourth-order valence-corrected chi connectivity index (χ4v) is 3.32. The molecule has 2 aromatic rings. The van der Waals surface area contributed by atoms with Gasteiger partial charge in [-0.1, -0.05) is 20.8 Å². The molecule has 2 heterocycles. The molecule has 1 saturated heterocycles. The van der Waals surface area contributed by atoms with E-state index in [1.165, 1.54) is 25.9 Å². The molecule has 0 saturated carbocycles. The molecule has 21 heavy (non-hydrogen) atoms. The minimum Gasteiger partial charge on any atom is -0.399 e. The van der Waals surface area contributed by atoms with Gasteiger partial charge in [-0.05, 0) is 55.5 Å². The lowest BCUT2D eigenvalue weighted by Gasteiger charge is -2.38. The summed E-state index contributed by atoms with van der Waals surface area (Å²) < 4.78 is 0. The van der Waals surface area contributed by atoms with Crippen molar-refractivity contribution in [2.75, 3.05) is 18.8 Å². The molecule has 4 nitrogen and oxygen atoms in total. The maximum absolute atomic E-state index is 5.82. The molecule has 3 rings (SSSR count). The highest BCUT2D eigenvalue weighted by molar-refractivity contribution is 5.78. The Morgan fingerprint density at radius 2 is 2.00 bits per heavy atom. The molecule has 1 aliphatic heterocycles. The quantitative estimate of drug-likeness (QED) is 0.832. The molecule has 0 atom stereocenters. The van der Waals surface area contributed by atoms with E-state index in [0.717, 1.165) is 35.0 Å². The van der Waals surface area contributed by atoms with Gasteiger partial charge >= 0.3 is 0 Å². The van der Waals surface area contributed by atoms with Crippen LogP contribution in [-0.2, 0) is 6.54 Å². The number of aromatic amines is 1. The molecular formula is C17H26N4. The molecular weight excluding hydrogens is 260 g/mol. The average molecular weight is 286 g/mol. The van der Waals surface area contributed by atoms with Gasteiger partial charge in [0.15, 0.2) is 0 Å². The molecule has 1 aromatic heterocycles. The third-order valence-electron chi connectivity index (χ3n) is 4.74. The van der Waals surface area contributed by atoms with Gasteiger partial charge in [0.25, 0.3) is 0 Å². The van der Waals surface area contributed by atoms with Crippen LogP contribution in [-0.4, -0.2) is 28.0 Å². The highest BCUT2D eigenvalue weighted by Crippen LogP contribution is 2.34. The maximum Gasteiger partial charge on any atom is 0.121 e. The van der Waals surface area contributed by atoms with Gasteiger partial charge in [0.1, 0.15) is 5.82 Å². The Balaban J connectivity index is 1.64. The fraction of sp³-hybridized carbons (Fsp3) is 0.588. The highest BCUT2D eigenvalue weighted by atomic mass is 15.2. The van der Waals surface area contributed by atoms with Crippen molar-refractivity contribution in [3.8, 4) is 0 Å². The lowest BCUT2D eigenvalue weighted by molar-refractivity contribution is 0.106. The van der Waals surface area contributed by atoms with Crippen LogP contribution in [0.1, 0.15) is 39.4 Å². The normalized spacial score (nSPS) is 18.4. The SMILES string of the molecule is CC(C)(C)C1CCN(Cc2nc3ccc(N)cc3[nH]2)CC1. The van der Waals surface area contributed by atoms with Crippen molar-refractivity contribution in [2.24, 2.45) is 11.3 Å². The third kappa shape index (κ3) is 3.21. The minimum absolute atomic E-state index is 0.434. The molecule has 4 heteroatoms. The fourth-order valence-electron chi connectivity index (χ4n) is 3.32. The Hall–Kier alpha value is -1.55. The molecule has 0 aliphatic carbocycles. The number of anilines is 1. The molecule has 1 aliphatic rings. The number of hydrogen-bond donors (Lipinski definition) is 2. The number of hydrogen-bond acceptors (Lipinski definition) is 3. The van der Waals surface area contributed by atoms with Gasteiger partial charge in [0, 0.05) is 5.69 Å². The molecule has 0 bridgehead atoms. The number of aromatic nitrogens is 2. The standard InChI is InChI=1S/C17H26N4/c1-17(2,3)12-6-8-21(9-7-12)11-16-19-14-5-4-13(18)10-15(14)20-16/h4-5,10,12H,6-9,11,18H2,1-3H3,(H,19,20). The third-order valence-corrected chi connectivity index (χ3v) is 4.74. The first-order valence-corrected chi connectivity index (χ1v) is 7.88. The monoisotopic (exact) mass is 286 g/mol. The number of nitrogens with two attached hydrogens (primary N) is 1. The van der Waals surface area contributed by atoms with E-state index >= 15 is 0 Å². The Kier molecular flexibility index (Phi) is 3.66. The Labute approximate surface area is 126 Å². The van der Waals surface area contributed by atoms with Crippen LogP contribution in [0.3, 0.4) is 0 Å². The smallest absolute Gasteiger partial charge is 0.121 e. The largest absolute Gasteiger partial charge is 0.399 e. The van der Waals surface area contributed by atoms with Crippen LogP contribution in [0.5, 0.6) is 0 Å². The zero-order valence-electron chi connectivity index (χ0n) is 13.3. The summed E-state index contributed by atoms with van der Waals surface area (Å²) in [5.74, 6) is 1.88.